The molecule has 3 aromatic heterocycles. The average molecular weight is 690 g/mol. The number of nitrogens with zero attached hydrogens (tertiary/aromatic N) is 5. The molecule has 0 atom stereocenters. The van der Waals surface area contributed by atoms with Crippen molar-refractivity contribution in [1.82, 2.24) is 34.8 Å². The van der Waals surface area contributed by atoms with Gasteiger partial charge in [-0.15, -0.1) is 0 Å². The predicted octanol–water partition coefficient (Wildman–Crippen LogP) is 6.24. The van der Waals surface area contributed by atoms with Crippen molar-refractivity contribution in [3.63, 3.8) is 0 Å². The van der Waals surface area contributed by atoms with Crippen LogP contribution in [-0.4, -0.2) is 81.3 Å². The van der Waals surface area contributed by atoms with Crippen LogP contribution in [0.1, 0.15) is 64.2 Å². The van der Waals surface area contributed by atoms with Crippen molar-refractivity contribution in [2.45, 2.75) is 57.7 Å². The molecular weight excluding hydrogens is 645 g/mol. The second kappa shape index (κ2) is 15.4. The third kappa shape index (κ3) is 8.44. The number of nitrogens with one attached hydrogen (secondary N) is 2. The highest BCUT2D eigenvalue weighted by Crippen LogP contribution is 2.29. The van der Waals surface area contributed by atoms with E-state index in [1.807, 2.05) is 47.7 Å². The number of benzene rings is 2. The molecule has 1 saturated heterocycles. The lowest BCUT2D eigenvalue weighted by Crippen LogP contribution is -2.44. The number of imidazole rings is 1. The number of amides is 2. The Hall–Kier alpha value is -5.13. The number of aromatic nitrogens is 3. The molecule has 2 aliphatic rings. The SMILES string of the molecule is Cc1cccc2nc(C(=O)NC3CCC(NC(=O)c4cc(F)cnc4Oc4cccc(-c5ccc(CN6CCCN(C)CC6)cc5)c4)CC3)cn12. The summed E-state index contributed by atoms with van der Waals surface area (Å²) >= 11 is 0. The highest BCUT2D eigenvalue weighted by Gasteiger charge is 2.26. The molecular formula is C40H44FN7O3. The largest absolute Gasteiger partial charge is 0.438 e. The van der Waals surface area contributed by atoms with Crippen LogP contribution in [0.3, 0.4) is 0 Å². The Morgan fingerprint density at radius 2 is 1.61 bits per heavy atom. The first kappa shape index (κ1) is 34.3. The van der Waals surface area contributed by atoms with E-state index in [0.29, 0.717) is 37.1 Å². The fourth-order valence-electron chi connectivity index (χ4n) is 7.00. The van der Waals surface area contributed by atoms with Crippen LogP contribution in [0, 0.1) is 12.7 Å². The molecule has 1 saturated carbocycles. The molecule has 264 valence electrons. The predicted molar refractivity (Wildman–Crippen MR) is 194 cm³/mol. The summed E-state index contributed by atoms with van der Waals surface area (Å²) in [5.74, 6) is -0.756. The van der Waals surface area contributed by atoms with Crippen LogP contribution in [0.4, 0.5) is 4.39 Å². The Kier molecular flexibility index (Phi) is 10.4. The van der Waals surface area contributed by atoms with Crippen LogP contribution in [0.2, 0.25) is 0 Å². The van der Waals surface area contributed by atoms with Gasteiger partial charge in [-0.25, -0.2) is 14.4 Å². The first-order valence-electron chi connectivity index (χ1n) is 17.8. The van der Waals surface area contributed by atoms with E-state index in [4.69, 9.17) is 4.74 Å². The molecule has 11 heteroatoms. The molecule has 0 radical (unpaired) electrons. The zero-order chi connectivity index (χ0) is 35.3. The minimum atomic E-state index is -0.623. The van der Waals surface area contributed by atoms with Gasteiger partial charge in [-0.05, 0) is 106 Å². The lowest BCUT2D eigenvalue weighted by Gasteiger charge is -2.29. The van der Waals surface area contributed by atoms with Gasteiger partial charge in [0, 0.05) is 43.6 Å². The second-order valence-electron chi connectivity index (χ2n) is 13.8. The van der Waals surface area contributed by atoms with E-state index < -0.39 is 11.7 Å². The standard InChI is InChI=1S/C40H44FN7O3/c1-27-6-3-9-37-45-36(26-48(27)37)39(50)44-33-16-14-32(15-17-33)43-38(49)35-23-31(41)24-42-40(35)51-34-8-4-7-30(22-34)29-12-10-28(11-13-29)25-47-19-5-18-46(2)20-21-47/h3-4,6-13,22-24,26,32-33H,5,14-21,25H2,1-2H3,(H,43,49)(H,44,50). The van der Waals surface area contributed by atoms with Gasteiger partial charge < -0.3 is 24.7 Å². The van der Waals surface area contributed by atoms with Crippen LogP contribution in [0.15, 0.2) is 85.2 Å². The summed E-state index contributed by atoms with van der Waals surface area (Å²) in [5.41, 5.74) is 5.42. The summed E-state index contributed by atoms with van der Waals surface area (Å²) in [4.78, 5) is 39.9. The number of ether oxygens (including phenoxy) is 1. The van der Waals surface area contributed by atoms with E-state index in [1.54, 1.807) is 12.3 Å². The van der Waals surface area contributed by atoms with Crippen LogP contribution in [0.25, 0.3) is 16.8 Å². The van der Waals surface area contributed by atoms with Crippen LogP contribution >= 0.6 is 0 Å². The zero-order valence-corrected chi connectivity index (χ0v) is 29.1. The fourth-order valence-corrected chi connectivity index (χ4v) is 7.00. The molecule has 0 unspecified atom stereocenters. The number of hydrogen-bond donors (Lipinski definition) is 2. The fraction of sp³-hybridized carbons (Fsp3) is 0.350. The number of likely N-dealkylation sites (N-methyl/N-ethyl adjacent to an activating group) is 1. The quantitative estimate of drug-likeness (QED) is 0.189. The molecule has 7 rings (SSSR count). The lowest BCUT2D eigenvalue weighted by atomic mass is 9.91. The topological polar surface area (TPSA) is 104 Å². The summed E-state index contributed by atoms with van der Waals surface area (Å²) in [5, 5.41) is 6.13. The minimum absolute atomic E-state index is 0.0297. The van der Waals surface area contributed by atoms with E-state index in [1.165, 1.54) is 12.0 Å². The molecule has 4 heterocycles. The van der Waals surface area contributed by atoms with Gasteiger partial charge in [0.2, 0.25) is 5.88 Å². The smallest absolute Gasteiger partial charge is 0.271 e. The highest BCUT2D eigenvalue weighted by atomic mass is 19.1. The Balaban J connectivity index is 0.948. The van der Waals surface area contributed by atoms with Crippen molar-refractivity contribution in [2.24, 2.45) is 0 Å². The highest BCUT2D eigenvalue weighted by molar-refractivity contribution is 5.96. The Bertz CT molecular complexity index is 2010. The van der Waals surface area contributed by atoms with Crippen molar-refractivity contribution in [2.75, 3.05) is 33.2 Å². The number of hydrogen-bond acceptors (Lipinski definition) is 7. The van der Waals surface area contributed by atoms with Gasteiger partial charge in [0.25, 0.3) is 11.8 Å². The molecule has 51 heavy (non-hydrogen) atoms. The van der Waals surface area contributed by atoms with E-state index in [-0.39, 0.29) is 29.4 Å². The molecule has 5 aromatic rings. The Labute approximate surface area is 297 Å². The molecule has 2 aromatic carbocycles. The first-order valence-corrected chi connectivity index (χ1v) is 17.8. The normalized spacial score (nSPS) is 18.6. The van der Waals surface area contributed by atoms with Crippen LogP contribution in [0.5, 0.6) is 11.6 Å². The molecule has 0 spiro atoms. The second-order valence-corrected chi connectivity index (χ2v) is 13.8. The van der Waals surface area contributed by atoms with Gasteiger partial charge in [-0.3, -0.25) is 14.5 Å². The van der Waals surface area contributed by atoms with Crippen molar-refractivity contribution >= 4 is 17.5 Å². The third-order valence-electron chi connectivity index (χ3n) is 9.94. The van der Waals surface area contributed by atoms with Crippen molar-refractivity contribution < 1.29 is 18.7 Å². The molecule has 1 aliphatic carbocycles. The van der Waals surface area contributed by atoms with E-state index in [2.05, 4.69) is 61.7 Å². The summed E-state index contributed by atoms with van der Waals surface area (Å²) < 4.78 is 22.4. The molecule has 0 bridgehead atoms. The van der Waals surface area contributed by atoms with Gasteiger partial charge in [0.1, 0.15) is 28.5 Å². The molecule has 2 fully saturated rings. The van der Waals surface area contributed by atoms with Gasteiger partial charge in [-0.1, -0.05) is 42.5 Å². The van der Waals surface area contributed by atoms with Gasteiger partial charge in [0.05, 0.1) is 6.20 Å². The summed E-state index contributed by atoms with van der Waals surface area (Å²) in [6.45, 7) is 7.31. The van der Waals surface area contributed by atoms with E-state index in [0.717, 1.165) is 67.5 Å². The summed E-state index contributed by atoms with van der Waals surface area (Å²) in [6, 6.07) is 22.9. The summed E-state index contributed by atoms with van der Waals surface area (Å²) in [6.07, 6.45) is 6.70. The van der Waals surface area contributed by atoms with Gasteiger partial charge in [0.15, 0.2) is 0 Å². The number of fused-ring (bicyclic) bond motifs is 1. The maximum absolute atomic E-state index is 14.4. The van der Waals surface area contributed by atoms with Crippen molar-refractivity contribution in [3.05, 3.63) is 114 Å². The number of rotatable bonds is 9. The van der Waals surface area contributed by atoms with E-state index in [9.17, 15) is 14.0 Å². The zero-order valence-electron chi connectivity index (χ0n) is 29.1. The molecule has 2 N–H and O–H groups in total. The third-order valence-corrected chi connectivity index (χ3v) is 9.94. The minimum Gasteiger partial charge on any atom is -0.438 e. The maximum Gasteiger partial charge on any atom is 0.271 e. The molecule has 1 aliphatic heterocycles. The van der Waals surface area contributed by atoms with Crippen LogP contribution in [-0.2, 0) is 6.54 Å². The lowest BCUT2D eigenvalue weighted by molar-refractivity contribution is 0.0888. The number of aryl methyl sites for hydroxylation is 1. The van der Waals surface area contributed by atoms with Gasteiger partial charge in [-0.2, -0.15) is 0 Å². The number of carbonyl (C=O) groups is 2. The Morgan fingerprint density at radius 1 is 0.863 bits per heavy atom. The Morgan fingerprint density at radius 3 is 2.37 bits per heavy atom. The summed E-state index contributed by atoms with van der Waals surface area (Å²) in [7, 11) is 2.18. The van der Waals surface area contributed by atoms with E-state index >= 15 is 0 Å². The maximum atomic E-state index is 14.4. The number of pyridine rings is 2. The van der Waals surface area contributed by atoms with Gasteiger partial charge >= 0.3 is 0 Å². The van der Waals surface area contributed by atoms with Crippen LogP contribution < -0.4 is 15.4 Å². The monoisotopic (exact) mass is 689 g/mol. The van der Waals surface area contributed by atoms with Crippen molar-refractivity contribution in [3.8, 4) is 22.8 Å². The molecule has 10 nitrogen and oxygen atoms in total. The van der Waals surface area contributed by atoms with Crippen molar-refractivity contribution in [1.29, 1.82) is 0 Å². The number of halogens is 1. The average Bonchev–Trinajstić information content (AvgIpc) is 3.48. The molecule has 2 amide bonds. The number of carbonyl (C=O) groups excluding carboxylic acids is 2. The first-order chi connectivity index (χ1) is 24.8.